The van der Waals surface area contributed by atoms with Gasteiger partial charge in [-0.2, -0.15) is 0 Å². The molecule has 0 radical (unpaired) electrons. The summed E-state index contributed by atoms with van der Waals surface area (Å²) in [6, 6.07) is 28.0. The molecule has 2 amide bonds. The fraction of sp³-hybridized carbons (Fsp3) is 0.103. The van der Waals surface area contributed by atoms with E-state index in [2.05, 4.69) is 15.0 Å². The number of nitrogens with one attached hydrogen (secondary N) is 3. The number of imide groups is 1. The molecule has 2 atom stereocenters. The molecule has 2 aromatic carbocycles. The molecule has 0 spiro atoms. The van der Waals surface area contributed by atoms with Crippen molar-refractivity contribution in [2.75, 3.05) is 7.05 Å². The van der Waals surface area contributed by atoms with Crippen molar-refractivity contribution in [1.82, 2.24) is 19.9 Å². The normalized spacial score (nSPS) is 14.8. The lowest BCUT2D eigenvalue weighted by atomic mass is 9.88. The van der Waals surface area contributed by atoms with Crippen LogP contribution in [0.3, 0.4) is 0 Å². The first-order valence-electron chi connectivity index (χ1n) is 11.6. The lowest BCUT2D eigenvalue weighted by molar-refractivity contribution is 0.0691. The van der Waals surface area contributed by atoms with Crippen molar-refractivity contribution in [2.45, 2.75) is 11.8 Å². The van der Waals surface area contributed by atoms with E-state index in [9.17, 15) is 9.59 Å². The van der Waals surface area contributed by atoms with Gasteiger partial charge < -0.3 is 15.0 Å². The Balaban J connectivity index is 1.64. The van der Waals surface area contributed by atoms with Gasteiger partial charge in [-0.1, -0.05) is 60.7 Å². The van der Waals surface area contributed by atoms with E-state index in [4.69, 9.17) is 0 Å². The highest BCUT2D eigenvalue weighted by atomic mass is 16.2. The topological polar surface area (TPSA) is 84.8 Å². The maximum Gasteiger partial charge on any atom is 0.263 e. The molecule has 0 saturated heterocycles. The average Bonchev–Trinajstić information content (AvgIpc) is 3.69. The number of amides is 2. The van der Waals surface area contributed by atoms with Gasteiger partial charge >= 0.3 is 0 Å². The van der Waals surface area contributed by atoms with Gasteiger partial charge in [0.1, 0.15) is 0 Å². The maximum atomic E-state index is 13.5. The zero-order valence-corrected chi connectivity index (χ0v) is 19.2. The first-order chi connectivity index (χ1) is 17.1. The van der Waals surface area contributed by atoms with Crippen molar-refractivity contribution in [3.05, 3.63) is 142 Å². The number of carbonyl (C=O) groups excluding carboxylic acids is 2. The second-order valence-corrected chi connectivity index (χ2v) is 8.81. The molecule has 0 fully saturated rings. The molecule has 1 aliphatic heterocycles. The molecule has 0 aliphatic carbocycles. The van der Waals surface area contributed by atoms with Crippen molar-refractivity contribution >= 4 is 11.8 Å². The van der Waals surface area contributed by atoms with Gasteiger partial charge in [-0.25, -0.2) is 0 Å². The number of aromatic amines is 3. The molecule has 0 saturated carbocycles. The summed E-state index contributed by atoms with van der Waals surface area (Å²) in [5.41, 5.74) is 6.27. The fourth-order valence-electron chi connectivity index (χ4n) is 5.19. The average molecular weight is 461 g/mol. The largest absolute Gasteiger partial charge is 0.364 e. The number of H-pyrrole nitrogens is 3. The minimum atomic E-state index is -0.284. The SMILES string of the molecule is CN1C(=O)c2c(C(c3ccccc3)c3ccc[nH]3)[nH]c(C(c3ccccc3)c3ccc[nH]3)c2C1=O. The maximum absolute atomic E-state index is 13.5. The number of benzene rings is 2. The monoisotopic (exact) mass is 460 g/mol. The van der Waals surface area contributed by atoms with Crippen molar-refractivity contribution in [3.8, 4) is 0 Å². The number of hydrogen-bond acceptors (Lipinski definition) is 2. The summed E-state index contributed by atoms with van der Waals surface area (Å²) in [4.78, 5) is 38.4. The highest BCUT2D eigenvalue weighted by Crippen LogP contribution is 2.43. The van der Waals surface area contributed by atoms with E-state index < -0.39 is 0 Å². The van der Waals surface area contributed by atoms with Crippen molar-refractivity contribution in [1.29, 1.82) is 0 Å². The first-order valence-corrected chi connectivity index (χ1v) is 11.6. The Morgan fingerprint density at radius 2 is 1.03 bits per heavy atom. The Bertz CT molecular complexity index is 1370. The Morgan fingerprint density at radius 3 is 1.40 bits per heavy atom. The van der Waals surface area contributed by atoms with Crippen LogP contribution in [-0.4, -0.2) is 38.7 Å². The van der Waals surface area contributed by atoms with E-state index in [0.29, 0.717) is 11.1 Å². The Morgan fingerprint density at radius 1 is 0.600 bits per heavy atom. The third-order valence-corrected chi connectivity index (χ3v) is 6.80. The van der Waals surface area contributed by atoms with Crippen molar-refractivity contribution in [3.63, 3.8) is 0 Å². The van der Waals surface area contributed by atoms with E-state index in [0.717, 1.165) is 33.9 Å². The number of fused-ring (bicyclic) bond motifs is 1. The van der Waals surface area contributed by atoms with Crippen LogP contribution in [0.2, 0.25) is 0 Å². The number of hydrogen-bond donors (Lipinski definition) is 3. The Kier molecular flexibility index (Phi) is 4.99. The van der Waals surface area contributed by atoms with E-state index in [1.165, 1.54) is 4.90 Å². The number of rotatable bonds is 6. The van der Waals surface area contributed by atoms with Crippen LogP contribution in [-0.2, 0) is 0 Å². The highest BCUT2D eigenvalue weighted by Gasteiger charge is 2.43. The van der Waals surface area contributed by atoms with Gasteiger partial charge in [-0.05, 0) is 35.4 Å². The van der Waals surface area contributed by atoms with Gasteiger partial charge in [0.05, 0.1) is 23.0 Å². The molecule has 0 bridgehead atoms. The summed E-state index contributed by atoms with van der Waals surface area (Å²) in [5.74, 6) is -1.10. The molecule has 3 aromatic heterocycles. The number of nitrogens with zero attached hydrogens (tertiary/aromatic N) is 1. The zero-order valence-electron chi connectivity index (χ0n) is 19.2. The van der Waals surface area contributed by atoms with Crippen molar-refractivity contribution in [2.24, 2.45) is 0 Å². The van der Waals surface area contributed by atoms with Crippen LogP contribution >= 0.6 is 0 Å². The minimum Gasteiger partial charge on any atom is -0.364 e. The first kappa shape index (κ1) is 21.0. The molecule has 6 nitrogen and oxygen atoms in total. The predicted octanol–water partition coefficient (Wildman–Crippen LogP) is 5.26. The molecule has 2 unspecified atom stereocenters. The van der Waals surface area contributed by atoms with Crippen LogP contribution in [0.5, 0.6) is 0 Å². The quantitative estimate of drug-likeness (QED) is 0.302. The summed E-state index contributed by atoms with van der Waals surface area (Å²) < 4.78 is 0. The molecule has 5 aromatic rings. The molecular formula is C29H24N4O2. The molecule has 172 valence electrons. The second-order valence-electron chi connectivity index (χ2n) is 8.81. The predicted molar refractivity (Wildman–Crippen MR) is 134 cm³/mol. The Labute approximate surface area is 202 Å². The van der Waals surface area contributed by atoms with E-state index in [1.54, 1.807) is 7.05 Å². The molecule has 3 N–H and O–H groups in total. The summed E-state index contributed by atoms with van der Waals surface area (Å²) in [6.45, 7) is 0. The molecule has 4 heterocycles. The zero-order chi connectivity index (χ0) is 23.9. The molecule has 6 heteroatoms. The third-order valence-electron chi connectivity index (χ3n) is 6.80. The van der Waals surface area contributed by atoms with E-state index in [1.807, 2.05) is 97.3 Å². The second kappa shape index (κ2) is 8.33. The fourth-order valence-corrected chi connectivity index (χ4v) is 5.19. The molecule has 1 aliphatic rings. The third kappa shape index (κ3) is 3.34. The van der Waals surface area contributed by atoms with E-state index >= 15 is 0 Å². The minimum absolute atomic E-state index is 0.267. The molecular weight excluding hydrogens is 436 g/mol. The van der Waals surface area contributed by atoms with Crippen molar-refractivity contribution < 1.29 is 9.59 Å². The molecule has 35 heavy (non-hydrogen) atoms. The smallest absolute Gasteiger partial charge is 0.263 e. The molecule has 6 rings (SSSR count). The lowest BCUT2D eigenvalue weighted by Crippen LogP contribution is -2.26. The van der Waals surface area contributed by atoms with Crippen LogP contribution < -0.4 is 0 Å². The summed E-state index contributed by atoms with van der Waals surface area (Å²) in [5, 5.41) is 0. The number of carbonyl (C=O) groups is 2. The van der Waals surface area contributed by atoms with Gasteiger partial charge in [0.15, 0.2) is 0 Å². The van der Waals surface area contributed by atoms with Crippen LogP contribution in [0.15, 0.2) is 97.3 Å². The number of aromatic nitrogens is 3. The van der Waals surface area contributed by atoms with Gasteiger partial charge in [-0.3, -0.25) is 14.5 Å². The van der Waals surface area contributed by atoms with Crippen LogP contribution in [0.1, 0.15) is 66.5 Å². The van der Waals surface area contributed by atoms with Gasteiger partial charge in [0.25, 0.3) is 11.8 Å². The standard InChI is InChI=1S/C29H24N4O2/c1-33-28(34)24-25(29(33)35)27(23(21-15-9-17-31-21)19-12-6-3-7-13-19)32-26(24)22(20-14-8-16-30-20)18-10-4-2-5-11-18/h2-17,22-23,30-32H,1H3. The van der Waals surface area contributed by atoms with Crippen LogP contribution in [0, 0.1) is 0 Å². The van der Waals surface area contributed by atoms with Gasteiger partial charge in [0.2, 0.25) is 0 Å². The van der Waals surface area contributed by atoms with Crippen LogP contribution in [0.4, 0.5) is 0 Å². The lowest BCUT2D eigenvalue weighted by Gasteiger charge is -2.20. The van der Waals surface area contributed by atoms with Gasteiger partial charge in [-0.15, -0.1) is 0 Å². The summed E-state index contributed by atoms with van der Waals surface area (Å²) >= 11 is 0. The summed E-state index contributed by atoms with van der Waals surface area (Å²) in [6.07, 6.45) is 3.75. The Hall–Kier alpha value is -4.58. The van der Waals surface area contributed by atoms with Gasteiger partial charge in [0, 0.05) is 42.2 Å². The van der Waals surface area contributed by atoms with E-state index in [-0.39, 0.29) is 23.7 Å². The summed E-state index contributed by atoms with van der Waals surface area (Å²) in [7, 11) is 1.55. The highest BCUT2D eigenvalue weighted by molar-refractivity contribution is 6.22. The van der Waals surface area contributed by atoms with Crippen LogP contribution in [0.25, 0.3) is 0 Å².